The van der Waals surface area contributed by atoms with Gasteiger partial charge >= 0.3 is 5.91 Å². The van der Waals surface area contributed by atoms with E-state index >= 15 is 0 Å². The zero-order valence-corrected chi connectivity index (χ0v) is 12.0. The standard InChI is InChI=1S/C14H11N3O4S/c15-22(20,21)10-7-5-9(6-8-10)16-17-12-4-2-1-3-11(12)13(18)14(17)19/h1-8,16H,(H2,15,20,21). The number of hydrogen-bond donors (Lipinski definition) is 2. The number of amides is 1. The highest BCUT2D eigenvalue weighted by atomic mass is 32.2. The van der Waals surface area contributed by atoms with Crippen LogP contribution in [0, 0.1) is 0 Å². The molecule has 0 saturated carbocycles. The van der Waals surface area contributed by atoms with Gasteiger partial charge in [0.2, 0.25) is 10.0 Å². The number of primary sulfonamides is 1. The van der Waals surface area contributed by atoms with Crippen LogP contribution in [0.1, 0.15) is 10.4 Å². The molecular formula is C14H11N3O4S. The SMILES string of the molecule is NS(=O)(=O)c1ccc(NN2C(=O)C(=O)c3ccccc32)cc1. The number of nitrogens with one attached hydrogen (secondary N) is 1. The fourth-order valence-corrected chi connectivity index (χ4v) is 2.66. The lowest BCUT2D eigenvalue weighted by Gasteiger charge is -2.18. The predicted octanol–water partition coefficient (Wildman–Crippen LogP) is 0.890. The van der Waals surface area contributed by atoms with E-state index in [0.717, 1.165) is 5.01 Å². The van der Waals surface area contributed by atoms with E-state index in [2.05, 4.69) is 5.43 Å². The van der Waals surface area contributed by atoms with Crippen LogP contribution in [-0.2, 0) is 14.8 Å². The number of carbonyl (C=O) groups excluding carboxylic acids is 2. The third-order valence-electron chi connectivity index (χ3n) is 3.21. The summed E-state index contributed by atoms with van der Waals surface area (Å²) in [6.45, 7) is 0. The molecule has 2 aromatic rings. The number of fused-ring (bicyclic) bond motifs is 1. The van der Waals surface area contributed by atoms with Crippen LogP contribution < -0.4 is 15.6 Å². The summed E-state index contributed by atoms with van der Waals surface area (Å²) >= 11 is 0. The van der Waals surface area contributed by atoms with Gasteiger partial charge in [-0.2, -0.15) is 0 Å². The zero-order valence-electron chi connectivity index (χ0n) is 11.2. The minimum absolute atomic E-state index is 0.0396. The van der Waals surface area contributed by atoms with Gasteiger partial charge < -0.3 is 0 Å². The Morgan fingerprint density at radius 1 is 0.955 bits per heavy atom. The van der Waals surface area contributed by atoms with Crippen LogP contribution in [0.25, 0.3) is 0 Å². The van der Waals surface area contributed by atoms with Crippen molar-refractivity contribution >= 4 is 33.1 Å². The Morgan fingerprint density at radius 3 is 2.23 bits per heavy atom. The Balaban J connectivity index is 1.91. The molecule has 3 rings (SSSR count). The lowest BCUT2D eigenvalue weighted by molar-refractivity contribution is -0.114. The van der Waals surface area contributed by atoms with Crippen LogP contribution in [0.3, 0.4) is 0 Å². The largest absolute Gasteiger partial charge is 0.318 e. The van der Waals surface area contributed by atoms with E-state index < -0.39 is 21.7 Å². The molecule has 0 atom stereocenters. The normalized spacial score (nSPS) is 14.1. The molecule has 0 aromatic heterocycles. The number of benzene rings is 2. The van der Waals surface area contributed by atoms with E-state index in [1.807, 2.05) is 0 Å². The first-order chi connectivity index (χ1) is 10.4. The molecule has 1 aliphatic heterocycles. The van der Waals surface area contributed by atoms with Crippen molar-refractivity contribution < 1.29 is 18.0 Å². The van der Waals surface area contributed by atoms with Crippen LogP contribution >= 0.6 is 0 Å². The van der Waals surface area contributed by atoms with Gasteiger partial charge in [-0.15, -0.1) is 0 Å². The first kappa shape index (κ1) is 14.2. The van der Waals surface area contributed by atoms with Crippen LogP contribution in [-0.4, -0.2) is 20.1 Å². The highest BCUT2D eigenvalue weighted by Gasteiger charge is 2.35. The van der Waals surface area contributed by atoms with E-state index in [1.165, 1.54) is 24.3 Å². The number of ketones is 1. The Kier molecular flexibility index (Phi) is 3.19. The number of hydrazine groups is 1. The summed E-state index contributed by atoms with van der Waals surface area (Å²) in [4.78, 5) is 23.8. The number of sulfonamides is 1. The molecule has 1 aliphatic rings. The number of carbonyl (C=O) groups is 2. The third-order valence-corrected chi connectivity index (χ3v) is 4.14. The van der Waals surface area contributed by atoms with E-state index in [4.69, 9.17) is 5.14 Å². The van der Waals surface area contributed by atoms with Crippen LogP contribution in [0.15, 0.2) is 53.4 Å². The molecular weight excluding hydrogens is 306 g/mol. The van der Waals surface area contributed by atoms with Gasteiger partial charge in [-0.25, -0.2) is 18.6 Å². The molecule has 0 saturated heterocycles. The molecule has 0 unspecified atom stereocenters. The summed E-state index contributed by atoms with van der Waals surface area (Å²) in [5.41, 5.74) is 4.00. The number of hydrogen-bond acceptors (Lipinski definition) is 5. The number of anilines is 2. The van der Waals surface area contributed by atoms with Gasteiger partial charge in [0.15, 0.2) is 0 Å². The third kappa shape index (κ3) is 2.34. The summed E-state index contributed by atoms with van der Waals surface area (Å²) in [6, 6.07) is 12.1. The summed E-state index contributed by atoms with van der Waals surface area (Å²) in [6.07, 6.45) is 0. The maximum absolute atomic E-state index is 12.0. The average Bonchev–Trinajstić information content (AvgIpc) is 2.73. The number of nitrogens with two attached hydrogens (primary N) is 1. The first-order valence-electron chi connectivity index (χ1n) is 6.25. The summed E-state index contributed by atoms with van der Waals surface area (Å²) in [7, 11) is -3.78. The topological polar surface area (TPSA) is 110 Å². The molecule has 22 heavy (non-hydrogen) atoms. The fourth-order valence-electron chi connectivity index (χ4n) is 2.15. The lowest BCUT2D eigenvalue weighted by atomic mass is 10.1. The molecule has 0 spiro atoms. The van der Waals surface area contributed by atoms with Crippen LogP contribution in [0.5, 0.6) is 0 Å². The van der Waals surface area contributed by atoms with Crippen molar-refractivity contribution in [2.24, 2.45) is 5.14 Å². The van der Waals surface area contributed by atoms with Crippen LogP contribution in [0.4, 0.5) is 11.4 Å². The van der Waals surface area contributed by atoms with Gasteiger partial charge in [0.1, 0.15) is 0 Å². The molecule has 112 valence electrons. The van der Waals surface area contributed by atoms with Crippen molar-refractivity contribution in [1.29, 1.82) is 0 Å². The Morgan fingerprint density at radius 2 is 1.59 bits per heavy atom. The molecule has 2 aromatic carbocycles. The molecule has 8 heteroatoms. The second-order valence-electron chi connectivity index (χ2n) is 4.67. The minimum Gasteiger partial charge on any atom is -0.291 e. The van der Waals surface area contributed by atoms with Crippen molar-refractivity contribution in [3.05, 3.63) is 54.1 Å². The van der Waals surface area contributed by atoms with Crippen molar-refractivity contribution in [2.45, 2.75) is 4.90 Å². The maximum Gasteiger partial charge on any atom is 0.318 e. The van der Waals surface area contributed by atoms with Gasteiger partial charge in [-0.3, -0.25) is 15.0 Å². The molecule has 1 amide bonds. The Labute approximate surface area is 126 Å². The van der Waals surface area contributed by atoms with Crippen molar-refractivity contribution in [2.75, 3.05) is 10.4 Å². The number of rotatable bonds is 3. The molecule has 0 bridgehead atoms. The number of Topliss-reactive ketones (excluding diaryl/α,β-unsaturated/α-hetero) is 1. The minimum atomic E-state index is -3.78. The van der Waals surface area contributed by atoms with Crippen molar-refractivity contribution in [1.82, 2.24) is 0 Å². The van der Waals surface area contributed by atoms with Gasteiger partial charge in [0.05, 0.1) is 21.8 Å². The quantitative estimate of drug-likeness (QED) is 0.817. The second kappa shape index (κ2) is 4.93. The highest BCUT2D eigenvalue weighted by molar-refractivity contribution is 7.89. The van der Waals surface area contributed by atoms with Crippen molar-refractivity contribution in [3.63, 3.8) is 0 Å². The molecule has 0 aliphatic carbocycles. The van der Waals surface area contributed by atoms with E-state index in [0.29, 0.717) is 16.9 Å². The Bertz CT molecular complexity index is 875. The fraction of sp³-hybridized carbons (Fsp3) is 0. The van der Waals surface area contributed by atoms with E-state index in [1.54, 1.807) is 24.3 Å². The monoisotopic (exact) mass is 317 g/mol. The van der Waals surface area contributed by atoms with Gasteiger partial charge in [-0.1, -0.05) is 12.1 Å². The number of nitrogens with zero attached hydrogens (tertiary/aromatic N) is 1. The van der Waals surface area contributed by atoms with Crippen LogP contribution in [0.2, 0.25) is 0 Å². The molecule has 0 fully saturated rings. The molecule has 3 N–H and O–H groups in total. The predicted molar refractivity (Wildman–Crippen MR) is 79.7 cm³/mol. The smallest absolute Gasteiger partial charge is 0.291 e. The van der Waals surface area contributed by atoms with Gasteiger partial charge in [0.25, 0.3) is 5.78 Å². The average molecular weight is 317 g/mol. The Hall–Kier alpha value is -2.71. The molecule has 0 radical (unpaired) electrons. The first-order valence-corrected chi connectivity index (χ1v) is 7.80. The zero-order chi connectivity index (χ0) is 15.9. The van der Waals surface area contributed by atoms with Crippen molar-refractivity contribution in [3.8, 4) is 0 Å². The second-order valence-corrected chi connectivity index (χ2v) is 6.23. The van der Waals surface area contributed by atoms with E-state index in [9.17, 15) is 18.0 Å². The summed E-state index contributed by atoms with van der Waals surface area (Å²) < 4.78 is 22.4. The maximum atomic E-state index is 12.0. The van der Waals surface area contributed by atoms with Gasteiger partial charge in [0, 0.05) is 0 Å². The lowest BCUT2D eigenvalue weighted by Crippen LogP contribution is -2.35. The molecule has 1 heterocycles. The molecule has 7 nitrogen and oxygen atoms in total. The van der Waals surface area contributed by atoms with Gasteiger partial charge in [-0.05, 0) is 36.4 Å². The number of para-hydroxylation sites is 1. The summed E-state index contributed by atoms with van der Waals surface area (Å²) in [5.74, 6) is -1.29. The highest BCUT2D eigenvalue weighted by Crippen LogP contribution is 2.29. The van der Waals surface area contributed by atoms with E-state index in [-0.39, 0.29) is 4.90 Å². The summed E-state index contributed by atoms with van der Waals surface area (Å²) in [5, 5.41) is 6.15.